The van der Waals surface area contributed by atoms with Gasteiger partial charge in [0.15, 0.2) is 11.5 Å². The molecule has 28 heavy (non-hydrogen) atoms. The van der Waals surface area contributed by atoms with Crippen molar-refractivity contribution in [2.45, 2.75) is 20.0 Å². The summed E-state index contributed by atoms with van der Waals surface area (Å²) in [6, 6.07) is 14.5. The summed E-state index contributed by atoms with van der Waals surface area (Å²) >= 11 is 0. The van der Waals surface area contributed by atoms with Gasteiger partial charge in [0, 0.05) is 6.07 Å². The van der Waals surface area contributed by atoms with E-state index >= 15 is 0 Å². The summed E-state index contributed by atoms with van der Waals surface area (Å²) in [6.45, 7) is 3.22. The SMILES string of the molecule is Cc1ccc2oc(C(=O)O[C@H](C)C(=O)Nc3ccccc3C#N)cc(=O)c2c1. The molecular formula is C21H16N2O5. The monoisotopic (exact) mass is 376 g/mol. The third-order valence-electron chi connectivity index (χ3n) is 4.04. The Morgan fingerprint density at radius 3 is 2.68 bits per heavy atom. The lowest BCUT2D eigenvalue weighted by Crippen LogP contribution is -2.30. The van der Waals surface area contributed by atoms with Crippen LogP contribution in [0.4, 0.5) is 5.69 Å². The van der Waals surface area contributed by atoms with Crippen molar-refractivity contribution in [1.82, 2.24) is 0 Å². The number of rotatable bonds is 4. The highest BCUT2D eigenvalue weighted by Crippen LogP contribution is 2.17. The smallest absolute Gasteiger partial charge is 0.375 e. The third kappa shape index (κ3) is 3.91. The van der Waals surface area contributed by atoms with Crippen molar-refractivity contribution in [3.8, 4) is 6.07 Å². The molecule has 1 aromatic heterocycles. The van der Waals surface area contributed by atoms with Crippen LogP contribution < -0.4 is 10.7 Å². The second-order valence-electron chi connectivity index (χ2n) is 6.17. The number of amides is 1. The highest BCUT2D eigenvalue weighted by atomic mass is 16.6. The van der Waals surface area contributed by atoms with Crippen LogP contribution in [0.15, 0.2) is 57.7 Å². The fraction of sp³-hybridized carbons (Fsp3) is 0.143. The van der Waals surface area contributed by atoms with Crippen LogP contribution in [0.5, 0.6) is 0 Å². The number of anilines is 1. The fourth-order valence-electron chi connectivity index (χ4n) is 2.57. The minimum absolute atomic E-state index is 0.255. The Kier molecular flexibility index (Phi) is 5.23. The molecule has 0 bridgehead atoms. The summed E-state index contributed by atoms with van der Waals surface area (Å²) in [7, 11) is 0. The molecule has 1 amide bonds. The number of nitriles is 1. The molecule has 3 aromatic rings. The molecule has 1 heterocycles. The maximum absolute atomic E-state index is 12.3. The number of carbonyl (C=O) groups excluding carboxylic acids is 2. The van der Waals surface area contributed by atoms with Crippen LogP contribution >= 0.6 is 0 Å². The Hall–Kier alpha value is -3.92. The lowest BCUT2D eigenvalue weighted by atomic mass is 10.1. The number of esters is 1. The van der Waals surface area contributed by atoms with Crippen molar-refractivity contribution in [1.29, 1.82) is 5.26 Å². The van der Waals surface area contributed by atoms with Crippen molar-refractivity contribution in [2.24, 2.45) is 0 Å². The zero-order valence-electron chi connectivity index (χ0n) is 15.2. The van der Waals surface area contributed by atoms with E-state index in [1.54, 1.807) is 42.5 Å². The van der Waals surface area contributed by atoms with Crippen molar-refractivity contribution >= 4 is 28.5 Å². The molecule has 0 saturated heterocycles. The van der Waals surface area contributed by atoms with Gasteiger partial charge >= 0.3 is 5.97 Å². The predicted molar refractivity (Wildman–Crippen MR) is 102 cm³/mol. The van der Waals surface area contributed by atoms with E-state index in [2.05, 4.69) is 5.32 Å². The molecule has 1 N–H and O–H groups in total. The van der Waals surface area contributed by atoms with E-state index in [0.29, 0.717) is 11.1 Å². The molecule has 0 aliphatic carbocycles. The third-order valence-corrected chi connectivity index (χ3v) is 4.04. The first kappa shape index (κ1) is 18.9. The van der Waals surface area contributed by atoms with Crippen LogP contribution in [-0.2, 0) is 9.53 Å². The first-order chi connectivity index (χ1) is 13.4. The molecule has 3 rings (SSSR count). The normalized spacial score (nSPS) is 11.5. The molecule has 0 aliphatic heterocycles. The van der Waals surface area contributed by atoms with Gasteiger partial charge in [-0.2, -0.15) is 5.26 Å². The topological polar surface area (TPSA) is 109 Å². The summed E-state index contributed by atoms with van der Waals surface area (Å²) in [4.78, 5) is 36.8. The Labute approximate surface area is 160 Å². The molecule has 0 radical (unpaired) electrons. The van der Waals surface area contributed by atoms with Gasteiger partial charge in [-0.25, -0.2) is 4.79 Å². The van der Waals surface area contributed by atoms with E-state index in [9.17, 15) is 14.4 Å². The highest BCUT2D eigenvalue weighted by Gasteiger charge is 2.22. The Bertz CT molecular complexity index is 1170. The van der Waals surface area contributed by atoms with Crippen LogP contribution in [0.25, 0.3) is 11.0 Å². The Morgan fingerprint density at radius 1 is 1.18 bits per heavy atom. The van der Waals surface area contributed by atoms with Crippen LogP contribution in [0.3, 0.4) is 0 Å². The molecule has 0 fully saturated rings. The minimum atomic E-state index is -1.17. The number of benzene rings is 2. The zero-order chi connectivity index (χ0) is 20.3. The van der Waals surface area contributed by atoms with Crippen LogP contribution in [0, 0.1) is 18.3 Å². The van der Waals surface area contributed by atoms with E-state index in [1.165, 1.54) is 6.92 Å². The number of ether oxygens (including phenoxy) is 1. The van der Waals surface area contributed by atoms with Crippen LogP contribution in [0.2, 0.25) is 0 Å². The van der Waals surface area contributed by atoms with Crippen LogP contribution in [-0.4, -0.2) is 18.0 Å². The molecular weight excluding hydrogens is 360 g/mol. The molecule has 0 aliphatic rings. The van der Waals surface area contributed by atoms with Gasteiger partial charge in [-0.3, -0.25) is 9.59 Å². The Balaban J connectivity index is 1.76. The molecule has 0 saturated carbocycles. The number of hydrogen-bond acceptors (Lipinski definition) is 6. The average Bonchev–Trinajstić information content (AvgIpc) is 2.68. The second kappa shape index (κ2) is 7.76. The molecule has 140 valence electrons. The summed E-state index contributed by atoms with van der Waals surface area (Å²) in [5, 5.41) is 12.0. The maximum Gasteiger partial charge on any atom is 0.375 e. The fourth-order valence-corrected chi connectivity index (χ4v) is 2.57. The Morgan fingerprint density at radius 2 is 1.93 bits per heavy atom. The van der Waals surface area contributed by atoms with Gasteiger partial charge in [-0.1, -0.05) is 23.8 Å². The lowest BCUT2D eigenvalue weighted by Gasteiger charge is -2.14. The van der Waals surface area contributed by atoms with Gasteiger partial charge in [0.2, 0.25) is 5.76 Å². The van der Waals surface area contributed by atoms with E-state index < -0.39 is 18.0 Å². The van der Waals surface area contributed by atoms with Gasteiger partial charge in [-0.15, -0.1) is 0 Å². The summed E-state index contributed by atoms with van der Waals surface area (Å²) in [5.41, 5.74) is 1.36. The number of hydrogen-bond donors (Lipinski definition) is 1. The van der Waals surface area contributed by atoms with Gasteiger partial charge < -0.3 is 14.5 Å². The summed E-state index contributed by atoms with van der Waals surface area (Å²) < 4.78 is 10.6. The molecule has 2 aromatic carbocycles. The standard InChI is InChI=1S/C21H16N2O5/c1-12-7-8-18-15(9-12)17(24)10-19(28-18)21(26)27-13(2)20(25)23-16-6-4-3-5-14(16)11-22/h3-10,13H,1-2H3,(H,23,25)/t13-/m1/s1. The van der Waals surface area contributed by atoms with Crippen molar-refractivity contribution < 1.29 is 18.7 Å². The zero-order valence-corrected chi connectivity index (χ0v) is 15.2. The van der Waals surface area contributed by atoms with Crippen LogP contribution in [0.1, 0.15) is 28.6 Å². The van der Waals surface area contributed by atoms with E-state index in [1.807, 2.05) is 13.0 Å². The number of fused-ring (bicyclic) bond motifs is 1. The molecule has 0 unspecified atom stereocenters. The number of nitrogens with one attached hydrogen (secondary N) is 1. The van der Waals surface area contributed by atoms with E-state index in [0.717, 1.165) is 11.6 Å². The van der Waals surface area contributed by atoms with Gasteiger partial charge in [0.05, 0.1) is 16.6 Å². The number of carbonyl (C=O) groups is 2. The lowest BCUT2D eigenvalue weighted by molar-refractivity contribution is -0.123. The maximum atomic E-state index is 12.3. The van der Waals surface area contributed by atoms with Crippen molar-refractivity contribution in [2.75, 3.05) is 5.32 Å². The first-order valence-electron chi connectivity index (χ1n) is 8.44. The quantitative estimate of drug-likeness (QED) is 0.701. The summed E-state index contributed by atoms with van der Waals surface area (Å²) in [6.07, 6.45) is -1.17. The molecule has 0 spiro atoms. The molecule has 7 nitrogen and oxygen atoms in total. The van der Waals surface area contributed by atoms with Gasteiger partial charge in [0.1, 0.15) is 11.7 Å². The number of aryl methyl sites for hydroxylation is 1. The molecule has 7 heteroatoms. The van der Waals surface area contributed by atoms with Crippen molar-refractivity contribution in [3.63, 3.8) is 0 Å². The van der Waals surface area contributed by atoms with Gasteiger partial charge in [0.25, 0.3) is 5.91 Å². The predicted octanol–water partition coefficient (Wildman–Crippen LogP) is 3.16. The number of nitrogens with zero attached hydrogens (tertiary/aromatic N) is 1. The highest BCUT2D eigenvalue weighted by molar-refractivity contribution is 5.97. The largest absolute Gasteiger partial charge is 0.449 e. The molecule has 1 atom stereocenters. The summed E-state index contributed by atoms with van der Waals surface area (Å²) in [5.74, 6) is -1.84. The van der Waals surface area contributed by atoms with E-state index in [-0.39, 0.29) is 22.3 Å². The second-order valence-corrected chi connectivity index (χ2v) is 6.17. The first-order valence-corrected chi connectivity index (χ1v) is 8.44. The van der Waals surface area contributed by atoms with Crippen molar-refractivity contribution in [3.05, 3.63) is 75.6 Å². The minimum Gasteiger partial charge on any atom is -0.449 e. The number of para-hydroxylation sites is 1. The van der Waals surface area contributed by atoms with Gasteiger partial charge in [-0.05, 0) is 38.1 Å². The van der Waals surface area contributed by atoms with E-state index in [4.69, 9.17) is 14.4 Å². The average molecular weight is 376 g/mol.